The normalized spacial score (nSPS) is 23.4. The number of hydrogen-bond donors (Lipinski definition) is 2. The second-order valence-electron chi connectivity index (χ2n) is 13.3. The fraction of sp³-hybridized carbons (Fsp3) is 0.633. The second kappa shape index (κ2) is 10.8. The number of nitrogens with one attached hydrogen (secondary N) is 2. The van der Waals surface area contributed by atoms with Gasteiger partial charge in [-0.1, -0.05) is 5.16 Å². The van der Waals surface area contributed by atoms with E-state index in [-0.39, 0.29) is 62.5 Å². The van der Waals surface area contributed by atoms with E-state index >= 15 is 0 Å². The van der Waals surface area contributed by atoms with Gasteiger partial charge in [0.05, 0.1) is 41.7 Å². The molecule has 0 aromatic carbocycles. The maximum Gasteiger partial charge on any atom is 0.276 e. The highest BCUT2D eigenvalue weighted by Gasteiger charge is 2.52. The van der Waals surface area contributed by atoms with Gasteiger partial charge >= 0.3 is 0 Å². The molecule has 4 aliphatic carbocycles. The molecule has 4 saturated carbocycles. The van der Waals surface area contributed by atoms with Gasteiger partial charge < -0.3 is 10.6 Å². The molecular weight excluding hydrogens is 596 g/mol. The number of amides is 2. The van der Waals surface area contributed by atoms with Crippen LogP contribution in [0.3, 0.4) is 0 Å². The van der Waals surface area contributed by atoms with Crippen LogP contribution in [-0.2, 0) is 4.79 Å². The van der Waals surface area contributed by atoms with Crippen LogP contribution in [0.4, 0.5) is 17.6 Å². The summed E-state index contributed by atoms with van der Waals surface area (Å²) in [6.45, 7) is 0. The molecule has 3 aromatic heterocycles. The molecule has 7 rings (SSSR count). The van der Waals surface area contributed by atoms with E-state index in [1.54, 1.807) is 12.3 Å². The minimum Gasteiger partial charge on any atom is -0.348 e. The SMILES string of the molecule is N#CC1(C(NC(=O)CC2CC(F)(F)C2)c2cnn3cc([C@@H](NC(=O)c4nonc4C4CC4)C4CCC(F)(F)CC4)nc3c2)CC1. The van der Waals surface area contributed by atoms with Gasteiger partial charge in [-0.05, 0) is 67.1 Å². The van der Waals surface area contributed by atoms with Gasteiger partial charge in [0.25, 0.3) is 5.91 Å². The summed E-state index contributed by atoms with van der Waals surface area (Å²) >= 11 is 0. The molecule has 2 atom stereocenters. The number of carbonyl (C=O) groups excluding carboxylic acids is 2. The molecule has 11 nitrogen and oxygen atoms in total. The number of carbonyl (C=O) groups is 2. The Balaban J connectivity index is 1.15. The van der Waals surface area contributed by atoms with Gasteiger partial charge in [-0.25, -0.2) is 31.7 Å². The number of rotatable bonds is 10. The fourth-order valence-corrected chi connectivity index (χ4v) is 6.79. The van der Waals surface area contributed by atoms with Crippen molar-refractivity contribution in [3.8, 4) is 6.07 Å². The third-order valence-electron chi connectivity index (χ3n) is 9.74. The van der Waals surface area contributed by atoms with Crippen molar-refractivity contribution in [3.63, 3.8) is 0 Å². The van der Waals surface area contributed by atoms with Gasteiger partial charge in [-0.2, -0.15) is 10.4 Å². The predicted octanol–water partition coefficient (Wildman–Crippen LogP) is 5.18. The summed E-state index contributed by atoms with van der Waals surface area (Å²) in [5.41, 5.74) is 1.03. The largest absolute Gasteiger partial charge is 0.348 e. The predicted molar refractivity (Wildman–Crippen MR) is 147 cm³/mol. The Kier molecular flexibility index (Phi) is 7.09. The molecule has 3 aromatic rings. The van der Waals surface area contributed by atoms with Gasteiger partial charge in [-0.3, -0.25) is 9.59 Å². The molecule has 45 heavy (non-hydrogen) atoms. The third-order valence-corrected chi connectivity index (χ3v) is 9.74. The van der Waals surface area contributed by atoms with Crippen molar-refractivity contribution < 1.29 is 31.8 Å². The van der Waals surface area contributed by atoms with Crippen molar-refractivity contribution in [1.82, 2.24) is 35.5 Å². The highest BCUT2D eigenvalue weighted by atomic mass is 19.3. The zero-order valence-electron chi connectivity index (χ0n) is 24.3. The van der Waals surface area contributed by atoms with E-state index in [9.17, 15) is 32.4 Å². The average Bonchev–Trinajstić information content (AvgIpc) is 3.89. The molecule has 15 heteroatoms. The van der Waals surface area contributed by atoms with Crippen LogP contribution in [0.25, 0.3) is 5.65 Å². The Bertz CT molecular complexity index is 1660. The van der Waals surface area contributed by atoms with Crippen LogP contribution in [0.2, 0.25) is 0 Å². The summed E-state index contributed by atoms with van der Waals surface area (Å²) in [7, 11) is 0. The van der Waals surface area contributed by atoms with E-state index in [0.717, 1.165) is 12.8 Å². The molecular formula is C30H32F4N8O3. The Morgan fingerprint density at radius 3 is 2.42 bits per heavy atom. The monoisotopic (exact) mass is 628 g/mol. The van der Waals surface area contributed by atoms with Gasteiger partial charge in [0.15, 0.2) is 11.3 Å². The number of hydrogen-bond acceptors (Lipinski definition) is 8. The summed E-state index contributed by atoms with van der Waals surface area (Å²) in [5, 5.41) is 28.0. The zero-order chi connectivity index (χ0) is 31.6. The maximum atomic E-state index is 14.1. The van der Waals surface area contributed by atoms with Crippen LogP contribution >= 0.6 is 0 Å². The van der Waals surface area contributed by atoms with Crippen LogP contribution in [0, 0.1) is 28.6 Å². The number of fused-ring (bicyclic) bond motifs is 1. The summed E-state index contributed by atoms with van der Waals surface area (Å²) in [5.74, 6) is -7.07. The van der Waals surface area contributed by atoms with Crippen molar-refractivity contribution in [3.05, 3.63) is 41.1 Å². The van der Waals surface area contributed by atoms with E-state index in [0.29, 0.717) is 35.4 Å². The topological polar surface area (TPSA) is 151 Å². The Hall–Kier alpha value is -4.09. The summed E-state index contributed by atoms with van der Waals surface area (Å²) < 4.78 is 61.1. The van der Waals surface area contributed by atoms with Gasteiger partial charge in [0.1, 0.15) is 5.69 Å². The molecule has 1 unspecified atom stereocenters. The number of nitriles is 1. The third kappa shape index (κ3) is 5.98. The van der Waals surface area contributed by atoms with E-state index in [2.05, 4.69) is 32.1 Å². The summed E-state index contributed by atoms with van der Waals surface area (Å²) in [6.07, 6.45) is 5.02. The number of aromatic nitrogens is 5. The van der Waals surface area contributed by atoms with Gasteiger partial charge in [0.2, 0.25) is 17.8 Å². The molecule has 0 bridgehead atoms. The lowest BCUT2D eigenvalue weighted by molar-refractivity contribution is -0.134. The van der Waals surface area contributed by atoms with E-state index in [4.69, 9.17) is 9.61 Å². The highest BCUT2D eigenvalue weighted by molar-refractivity contribution is 5.93. The number of imidazole rings is 1. The fourth-order valence-electron chi connectivity index (χ4n) is 6.79. The Morgan fingerprint density at radius 1 is 1.04 bits per heavy atom. The van der Waals surface area contributed by atoms with Crippen LogP contribution < -0.4 is 10.6 Å². The second-order valence-corrected chi connectivity index (χ2v) is 13.3. The van der Waals surface area contributed by atoms with Crippen molar-refractivity contribution in [1.29, 1.82) is 5.26 Å². The lowest BCUT2D eigenvalue weighted by atomic mass is 9.79. The minimum absolute atomic E-state index is 0.0535. The zero-order valence-corrected chi connectivity index (χ0v) is 24.3. The number of halogens is 4. The molecule has 238 valence electrons. The van der Waals surface area contributed by atoms with Crippen LogP contribution in [-0.4, -0.2) is 48.6 Å². The first-order valence-electron chi connectivity index (χ1n) is 15.4. The highest BCUT2D eigenvalue weighted by Crippen LogP contribution is 2.54. The number of nitrogens with zero attached hydrogens (tertiary/aromatic N) is 6. The van der Waals surface area contributed by atoms with Crippen molar-refractivity contribution in [2.24, 2.45) is 17.3 Å². The molecule has 2 N–H and O–H groups in total. The first-order chi connectivity index (χ1) is 21.4. The van der Waals surface area contributed by atoms with Crippen LogP contribution in [0.1, 0.15) is 116 Å². The quantitative estimate of drug-likeness (QED) is 0.292. The first kappa shape index (κ1) is 29.6. The van der Waals surface area contributed by atoms with Crippen LogP contribution in [0.5, 0.6) is 0 Å². The van der Waals surface area contributed by atoms with Crippen molar-refractivity contribution >= 4 is 17.5 Å². The van der Waals surface area contributed by atoms with E-state index < -0.39 is 47.1 Å². The molecule has 4 aliphatic rings. The van der Waals surface area contributed by atoms with E-state index in [1.165, 1.54) is 10.7 Å². The van der Waals surface area contributed by atoms with Crippen LogP contribution in [0.15, 0.2) is 23.1 Å². The lowest BCUT2D eigenvalue weighted by Crippen LogP contribution is -2.40. The van der Waals surface area contributed by atoms with Gasteiger partial charge in [-0.15, -0.1) is 0 Å². The van der Waals surface area contributed by atoms with Gasteiger partial charge in [0, 0.05) is 38.0 Å². The van der Waals surface area contributed by atoms with E-state index in [1.807, 2.05) is 0 Å². The summed E-state index contributed by atoms with van der Waals surface area (Å²) in [4.78, 5) is 31.0. The molecule has 0 spiro atoms. The molecule has 2 amide bonds. The number of alkyl halides is 4. The molecule has 0 aliphatic heterocycles. The Labute approximate surface area is 255 Å². The molecule has 0 saturated heterocycles. The molecule has 3 heterocycles. The van der Waals surface area contributed by atoms with Crippen molar-refractivity contribution in [2.45, 2.75) is 100 Å². The lowest BCUT2D eigenvalue weighted by Gasteiger charge is -2.35. The van der Waals surface area contributed by atoms with Crippen molar-refractivity contribution in [2.75, 3.05) is 0 Å². The maximum absolute atomic E-state index is 14.1. The average molecular weight is 629 g/mol. The molecule has 0 radical (unpaired) electrons. The minimum atomic E-state index is -2.77. The smallest absolute Gasteiger partial charge is 0.276 e. The Morgan fingerprint density at radius 2 is 1.78 bits per heavy atom. The summed E-state index contributed by atoms with van der Waals surface area (Å²) in [6, 6.07) is 2.55. The molecule has 4 fully saturated rings. The standard InChI is InChI=1S/C30H32F4N8O3/c31-29(32)5-3-18(4-6-29)23(39-27(44)25-24(17-1-2-17)40-45-41-25)20-14-42-21(37-20)10-19(13-36-42)26(28(15-35)7-8-28)38-22(43)9-16-11-30(33,34)12-16/h10,13-14,16-18,23,26H,1-9,11-12H2,(H,38,43)(H,39,44)/t23-,26?/m0/s1. The first-order valence-corrected chi connectivity index (χ1v) is 15.4.